The number of nitrogens with one attached hydrogen (secondary N) is 1. The highest BCUT2D eigenvalue weighted by Gasteiger charge is 2.20. The fourth-order valence-electron chi connectivity index (χ4n) is 2.12. The largest absolute Gasteiger partial charge is 0.493 e. The molecule has 3 rings (SSSR count). The number of benzene rings is 1. The van der Waals surface area contributed by atoms with Gasteiger partial charge in [0.15, 0.2) is 11.5 Å². The summed E-state index contributed by atoms with van der Waals surface area (Å²) in [6, 6.07) is 5.55. The van der Waals surface area contributed by atoms with Gasteiger partial charge in [-0.25, -0.2) is 0 Å². The molecule has 0 unspecified atom stereocenters. The molecule has 1 heterocycles. The van der Waals surface area contributed by atoms with Gasteiger partial charge in [-0.2, -0.15) is 4.98 Å². The fraction of sp³-hybridized carbons (Fsp3) is 0.467. The Hall–Kier alpha value is -1.79. The Morgan fingerprint density at radius 2 is 2.00 bits per heavy atom. The van der Waals surface area contributed by atoms with Gasteiger partial charge in [0, 0.05) is 5.56 Å². The van der Waals surface area contributed by atoms with Crippen LogP contribution in [-0.2, 0) is 6.54 Å². The second-order valence-corrected chi connectivity index (χ2v) is 5.16. The molecule has 120 valence electrons. The lowest BCUT2D eigenvalue weighted by atomic mass is 10.2. The summed E-state index contributed by atoms with van der Waals surface area (Å²) >= 11 is 0. The van der Waals surface area contributed by atoms with Gasteiger partial charge in [-0.1, -0.05) is 5.16 Å². The highest BCUT2D eigenvalue weighted by Crippen LogP contribution is 2.31. The van der Waals surface area contributed by atoms with E-state index in [1.165, 1.54) is 12.8 Å². The average Bonchev–Trinajstić information content (AvgIpc) is 3.22. The zero-order valence-electron chi connectivity index (χ0n) is 12.7. The van der Waals surface area contributed by atoms with Crippen LogP contribution in [0, 0.1) is 5.92 Å². The van der Waals surface area contributed by atoms with Crippen molar-refractivity contribution in [3.8, 4) is 22.9 Å². The number of nitrogens with zero attached hydrogens (tertiary/aromatic N) is 2. The molecule has 0 radical (unpaired) electrons. The SMILES string of the molecule is COc1ccc(-c2noc(CNCC3CC3)n2)cc1OC.Cl. The second kappa shape index (κ2) is 7.47. The molecule has 2 aromatic rings. The normalized spacial score (nSPS) is 13.5. The van der Waals surface area contributed by atoms with Crippen LogP contribution < -0.4 is 14.8 Å². The van der Waals surface area contributed by atoms with Crippen LogP contribution >= 0.6 is 12.4 Å². The molecule has 1 aliphatic rings. The molecular formula is C15H20ClN3O3. The van der Waals surface area contributed by atoms with E-state index in [2.05, 4.69) is 15.5 Å². The summed E-state index contributed by atoms with van der Waals surface area (Å²) in [4.78, 5) is 4.39. The Morgan fingerprint density at radius 1 is 1.23 bits per heavy atom. The standard InChI is InChI=1S/C15H19N3O3.ClH/c1-19-12-6-5-11(7-13(12)20-2)15-17-14(21-18-15)9-16-8-10-3-4-10;/h5-7,10,16H,3-4,8-9H2,1-2H3;1H. The van der Waals surface area contributed by atoms with Crippen LogP contribution in [0.15, 0.2) is 22.7 Å². The third kappa shape index (κ3) is 3.90. The van der Waals surface area contributed by atoms with Gasteiger partial charge in [0.25, 0.3) is 0 Å². The van der Waals surface area contributed by atoms with Crippen LogP contribution in [0.25, 0.3) is 11.4 Å². The van der Waals surface area contributed by atoms with E-state index >= 15 is 0 Å². The molecular weight excluding hydrogens is 306 g/mol. The Bertz CT molecular complexity index is 614. The topological polar surface area (TPSA) is 69.4 Å². The molecule has 1 aromatic heterocycles. The van der Waals surface area contributed by atoms with Crippen molar-refractivity contribution in [2.24, 2.45) is 5.92 Å². The van der Waals surface area contributed by atoms with Crippen molar-refractivity contribution in [2.75, 3.05) is 20.8 Å². The first-order valence-corrected chi connectivity index (χ1v) is 7.06. The zero-order chi connectivity index (χ0) is 14.7. The molecule has 0 aliphatic heterocycles. The molecule has 0 bridgehead atoms. The monoisotopic (exact) mass is 325 g/mol. The molecule has 22 heavy (non-hydrogen) atoms. The summed E-state index contributed by atoms with van der Waals surface area (Å²) in [6.07, 6.45) is 2.65. The van der Waals surface area contributed by atoms with Gasteiger partial charge in [-0.05, 0) is 43.5 Å². The number of aromatic nitrogens is 2. The highest BCUT2D eigenvalue weighted by molar-refractivity contribution is 5.85. The predicted molar refractivity (Wildman–Crippen MR) is 84.5 cm³/mol. The van der Waals surface area contributed by atoms with E-state index in [1.807, 2.05) is 18.2 Å². The summed E-state index contributed by atoms with van der Waals surface area (Å²) in [6.45, 7) is 1.63. The maximum Gasteiger partial charge on any atom is 0.240 e. The van der Waals surface area contributed by atoms with Gasteiger partial charge in [-0.15, -0.1) is 12.4 Å². The fourth-order valence-corrected chi connectivity index (χ4v) is 2.12. The van der Waals surface area contributed by atoms with E-state index in [4.69, 9.17) is 14.0 Å². The van der Waals surface area contributed by atoms with Crippen molar-refractivity contribution in [3.05, 3.63) is 24.1 Å². The molecule has 0 spiro atoms. The maximum atomic E-state index is 5.28. The van der Waals surface area contributed by atoms with Crippen LogP contribution in [0.3, 0.4) is 0 Å². The lowest BCUT2D eigenvalue weighted by Crippen LogP contribution is -2.16. The number of rotatable bonds is 7. The molecule has 1 aromatic carbocycles. The average molecular weight is 326 g/mol. The summed E-state index contributed by atoms with van der Waals surface area (Å²) in [5.74, 6) is 3.31. The van der Waals surface area contributed by atoms with Gasteiger partial charge in [0.2, 0.25) is 11.7 Å². The van der Waals surface area contributed by atoms with E-state index in [0.29, 0.717) is 29.8 Å². The number of hydrogen-bond donors (Lipinski definition) is 1. The van der Waals surface area contributed by atoms with E-state index in [0.717, 1.165) is 18.0 Å². The van der Waals surface area contributed by atoms with Crippen LogP contribution in [0.4, 0.5) is 0 Å². The minimum atomic E-state index is 0. The van der Waals surface area contributed by atoms with Gasteiger partial charge < -0.3 is 19.3 Å². The Kier molecular flexibility index (Phi) is 5.63. The Morgan fingerprint density at radius 3 is 2.68 bits per heavy atom. The molecule has 0 amide bonds. The summed E-state index contributed by atoms with van der Waals surface area (Å²) in [5, 5.41) is 7.34. The van der Waals surface area contributed by atoms with Crippen molar-refractivity contribution in [1.29, 1.82) is 0 Å². The number of ether oxygens (including phenoxy) is 2. The molecule has 0 atom stereocenters. The molecule has 1 aliphatic carbocycles. The third-order valence-electron chi connectivity index (χ3n) is 3.52. The minimum Gasteiger partial charge on any atom is -0.493 e. The van der Waals surface area contributed by atoms with Gasteiger partial charge in [0.1, 0.15) is 0 Å². The molecule has 1 fully saturated rings. The first-order chi connectivity index (χ1) is 10.3. The first kappa shape index (κ1) is 16.6. The maximum absolute atomic E-state index is 5.28. The van der Waals surface area contributed by atoms with Crippen molar-refractivity contribution >= 4 is 12.4 Å². The van der Waals surface area contributed by atoms with Gasteiger partial charge >= 0.3 is 0 Å². The van der Waals surface area contributed by atoms with Crippen molar-refractivity contribution in [2.45, 2.75) is 19.4 Å². The van der Waals surface area contributed by atoms with Crippen molar-refractivity contribution in [3.63, 3.8) is 0 Å². The van der Waals surface area contributed by atoms with E-state index in [1.54, 1.807) is 14.2 Å². The molecule has 1 saturated carbocycles. The Labute approximate surface area is 135 Å². The van der Waals surface area contributed by atoms with Crippen molar-refractivity contribution in [1.82, 2.24) is 15.5 Å². The van der Waals surface area contributed by atoms with E-state index in [9.17, 15) is 0 Å². The lowest BCUT2D eigenvalue weighted by molar-refractivity contribution is 0.355. The highest BCUT2D eigenvalue weighted by atomic mass is 35.5. The smallest absolute Gasteiger partial charge is 0.240 e. The lowest BCUT2D eigenvalue weighted by Gasteiger charge is -2.07. The predicted octanol–water partition coefficient (Wildman–Crippen LogP) is 2.68. The van der Waals surface area contributed by atoms with Crippen molar-refractivity contribution < 1.29 is 14.0 Å². The zero-order valence-corrected chi connectivity index (χ0v) is 13.5. The summed E-state index contributed by atoms with van der Waals surface area (Å²) < 4.78 is 15.7. The molecule has 7 heteroatoms. The second-order valence-electron chi connectivity index (χ2n) is 5.16. The number of methoxy groups -OCH3 is 2. The summed E-state index contributed by atoms with van der Waals surface area (Å²) in [5.41, 5.74) is 0.838. The van der Waals surface area contributed by atoms with E-state index in [-0.39, 0.29) is 12.4 Å². The van der Waals surface area contributed by atoms with Crippen LogP contribution in [0.2, 0.25) is 0 Å². The van der Waals surface area contributed by atoms with Crippen LogP contribution in [-0.4, -0.2) is 30.9 Å². The minimum absolute atomic E-state index is 0. The molecule has 1 N–H and O–H groups in total. The third-order valence-corrected chi connectivity index (χ3v) is 3.52. The van der Waals surface area contributed by atoms with E-state index < -0.39 is 0 Å². The molecule has 0 saturated heterocycles. The van der Waals surface area contributed by atoms with Gasteiger partial charge in [0.05, 0.1) is 20.8 Å². The number of hydrogen-bond acceptors (Lipinski definition) is 6. The van der Waals surface area contributed by atoms with Gasteiger partial charge in [-0.3, -0.25) is 0 Å². The summed E-state index contributed by atoms with van der Waals surface area (Å²) in [7, 11) is 3.21. The Balaban J connectivity index is 0.00000176. The quantitative estimate of drug-likeness (QED) is 0.844. The van der Waals surface area contributed by atoms with Crippen LogP contribution in [0.1, 0.15) is 18.7 Å². The first-order valence-electron chi connectivity index (χ1n) is 7.06. The van der Waals surface area contributed by atoms with Crippen LogP contribution in [0.5, 0.6) is 11.5 Å². The number of halogens is 1. The molecule has 6 nitrogen and oxygen atoms in total.